The van der Waals surface area contributed by atoms with Crippen LogP contribution in [0.15, 0.2) is 29.2 Å². The van der Waals surface area contributed by atoms with E-state index in [0.717, 1.165) is 0 Å². The van der Waals surface area contributed by atoms with E-state index in [1.165, 1.54) is 10.6 Å². The van der Waals surface area contributed by atoms with Crippen molar-refractivity contribution in [3.05, 3.63) is 24.3 Å². The van der Waals surface area contributed by atoms with Gasteiger partial charge in [0.2, 0.25) is 0 Å². The average molecular weight is 209 g/mol. The van der Waals surface area contributed by atoms with Crippen molar-refractivity contribution in [2.24, 2.45) is 5.92 Å². The van der Waals surface area contributed by atoms with Crippen LogP contribution in [0.1, 0.15) is 20.8 Å². The molecule has 0 spiro atoms. The molecule has 0 amide bonds. The number of hydrogen-bond donors (Lipinski definition) is 1. The molecule has 1 aromatic rings. The van der Waals surface area contributed by atoms with Crippen LogP contribution in [0.3, 0.4) is 0 Å². The second-order valence-electron chi connectivity index (χ2n) is 3.88. The van der Waals surface area contributed by atoms with Crippen LogP contribution in [0.25, 0.3) is 0 Å². The summed E-state index contributed by atoms with van der Waals surface area (Å²) in [5.74, 6) is 0.657. The fourth-order valence-corrected chi connectivity index (χ4v) is 1.74. The lowest BCUT2D eigenvalue weighted by Gasteiger charge is -2.20. The quantitative estimate of drug-likeness (QED) is 0.756. The zero-order valence-corrected chi connectivity index (χ0v) is 10.2. The molecule has 78 valence electrons. The summed E-state index contributed by atoms with van der Waals surface area (Å²) in [7, 11) is 0. The number of benzene rings is 1. The lowest BCUT2D eigenvalue weighted by Crippen LogP contribution is -2.21. The smallest absolute Gasteiger partial charge is 0.0480 e. The van der Waals surface area contributed by atoms with E-state index in [9.17, 15) is 0 Å². The summed E-state index contributed by atoms with van der Waals surface area (Å²) < 4.78 is 0. The first kappa shape index (κ1) is 11.4. The van der Waals surface area contributed by atoms with Gasteiger partial charge in [-0.05, 0) is 31.2 Å². The highest BCUT2D eigenvalue weighted by molar-refractivity contribution is 7.98. The number of thioether (sulfide) groups is 1. The third-order valence-electron chi connectivity index (χ3n) is 2.49. The van der Waals surface area contributed by atoms with Crippen molar-refractivity contribution < 1.29 is 0 Å². The van der Waals surface area contributed by atoms with Crippen molar-refractivity contribution in [1.29, 1.82) is 0 Å². The Morgan fingerprint density at radius 2 is 1.79 bits per heavy atom. The molecule has 1 aromatic carbocycles. The molecule has 1 nitrogen and oxygen atoms in total. The molecule has 0 heterocycles. The third-order valence-corrected chi connectivity index (χ3v) is 3.29. The van der Waals surface area contributed by atoms with Crippen molar-refractivity contribution in [2.45, 2.75) is 31.7 Å². The maximum Gasteiger partial charge on any atom is 0.0480 e. The van der Waals surface area contributed by atoms with Crippen molar-refractivity contribution in [3.63, 3.8) is 0 Å². The van der Waals surface area contributed by atoms with Crippen LogP contribution < -0.4 is 5.32 Å². The molecule has 0 aliphatic carbocycles. The van der Waals surface area contributed by atoms with E-state index >= 15 is 0 Å². The predicted octanol–water partition coefficient (Wildman–Crippen LogP) is 3.86. The Balaban J connectivity index is 2.75. The number of para-hydroxylation sites is 1. The Morgan fingerprint density at radius 1 is 1.14 bits per heavy atom. The second-order valence-corrected chi connectivity index (χ2v) is 4.73. The van der Waals surface area contributed by atoms with Gasteiger partial charge in [-0.25, -0.2) is 0 Å². The van der Waals surface area contributed by atoms with Gasteiger partial charge in [-0.1, -0.05) is 26.0 Å². The normalized spacial score (nSPS) is 12.9. The highest BCUT2D eigenvalue weighted by Crippen LogP contribution is 2.25. The first-order valence-electron chi connectivity index (χ1n) is 5.04. The molecular formula is C12H19NS. The van der Waals surface area contributed by atoms with Crippen LogP contribution in [0.2, 0.25) is 0 Å². The molecule has 0 fully saturated rings. The van der Waals surface area contributed by atoms with Crippen LogP contribution in [-0.2, 0) is 0 Å². The molecule has 0 bridgehead atoms. The fraction of sp³-hybridized carbons (Fsp3) is 0.500. The van der Waals surface area contributed by atoms with Gasteiger partial charge < -0.3 is 5.32 Å². The fourth-order valence-electron chi connectivity index (χ4n) is 1.18. The highest BCUT2D eigenvalue weighted by Gasteiger charge is 2.08. The molecular weight excluding hydrogens is 190 g/mol. The summed E-state index contributed by atoms with van der Waals surface area (Å²) in [5, 5.41) is 3.54. The molecule has 14 heavy (non-hydrogen) atoms. The van der Waals surface area contributed by atoms with Crippen molar-refractivity contribution in [3.8, 4) is 0 Å². The molecule has 1 atom stereocenters. The summed E-state index contributed by atoms with van der Waals surface area (Å²) >= 11 is 1.79. The Morgan fingerprint density at radius 3 is 2.36 bits per heavy atom. The van der Waals surface area contributed by atoms with E-state index < -0.39 is 0 Å². The summed E-state index contributed by atoms with van der Waals surface area (Å²) in [5.41, 5.74) is 1.25. The van der Waals surface area contributed by atoms with E-state index in [-0.39, 0.29) is 0 Å². The standard InChI is InChI=1S/C12H19NS/c1-9(2)10(3)13-11-7-5-6-8-12(11)14-4/h5-10,13H,1-4H3. The van der Waals surface area contributed by atoms with Gasteiger partial charge in [-0.15, -0.1) is 11.8 Å². The summed E-state index contributed by atoms with van der Waals surface area (Å²) in [6.45, 7) is 6.69. The van der Waals surface area contributed by atoms with Gasteiger partial charge in [-0.2, -0.15) is 0 Å². The molecule has 0 saturated carbocycles. The second kappa shape index (κ2) is 5.30. The van der Waals surface area contributed by atoms with Gasteiger partial charge >= 0.3 is 0 Å². The van der Waals surface area contributed by atoms with Gasteiger partial charge in [0.15, 0.2) is 0 Å². The van der Waals surface area contributed by atoms with Crippen LogP contribution >= 0.6 is 11.8 Å². The van der Waals surface area contributed by atoms with Gasteiger partial charge in [0.1, 0.15) is 0 Å². The SMILES string of the molecule is CSc1ccccc1NC(C)C(C)C. The summed E-state index contributed by atoms with van der Waals surface area (Å²) in [6, 6.07) is 8.97. The lowest BCUT2D eigenvalue weighted by molar-refractivity contribution is 0.559. The number of nitrogens with one attached hydrogen (secondary N) is 1. The topological polar surface area (TPSA) is 12.0 Å². The molecule has 0 aromatic heterocycles. The Labute approximate surface area is 91.3 Å². The van der Waals surface area contributed by atoms with Crippen molar-refractivity contribution >= 4 is 17.4 Å². The highest BCUT2D eigenvalue weighted by atomic mass is 32.2. The van der Waals surface area contributed by atoms with Gasteiger partial charge in [0, 0.05) is 16.6 Å². The lowest BCUT2D eigenvalue weighted by atomic mass is 10.1. The predicted molar refractivity (Wildman–Crippen MR) is 66.1 cm³/mol. The van der Waals surface area contributed by atoms with E-state index in [4.69, 9.17) is 0 Å². The number of hydrogen-bond acceptors (Lipinski definition) is 2. The largest absolute Gasteiger partial charge is 0.381 e. The van der Waals surface area contributed by atoms with Crippen LogP contribution in [0.4, 0.5) is 5.69 Å². The van der Waals surface area contributed by atoms with E-state index in [0.29, 0.717) is 12.0 Å². The molecule has 1 rings (SSSR count). The third kappa shape index (κ3) is 2.95. The van der Waals surface area contributed by atoms with Crippen LogP contribution in [0, 0.1) is 5.92 Å². The zero-order chi connectivity index (χ0) is 10.6. The average Bonchev–Trinajstić information content (AvgIpc) is 2.18. The van der Waals surface area contributed by atoms with Crippen LogP contribution in [0.5, 0.6) is 0 Å². The van der Waals surface area contributed by atoms with Crippen molar-refractivity contribution in [2.75, 3.05) is 11.6 Å². The first-order valence-corrected chi connectivity index (χ1v) is 6.27. The van der Waals surface area contributed by atoms with E-state index in [1.54, 1.807) is 11.8 Å². The summed E-state index contributed by atoms with van der Waals surface area (Å²) in [4.78, 5) is 1.32. The first-order chi connectivity index (χ1) is 6.65. The Hall–Kier alpha value is -0.630. The monoisotopic (exact) mass is 209 g/mol. The Kier molecular flexibility index (Phi) is 4.33. The number of anilines is 1. The molecule has 2 heteroatoms. The number of rotatable bonds is 4. The van der Waals surface area contributed by atoms with Crippen molar-refractivity contribution in [1.82, 2.24) is 0 Å². The van der Waals surface area contributed by atoms with Crippen LogP contribution in [-0.4, -0.2) is 12.3 Å². The maximum absolute atomic E-state index is 3.54. The van der Waals surface area contributed by atoms with Gasteiger partial charge in [0.05, 0.1) is 0 Å². The molecule has 0 aliphatic rings. The zero-order valence-electron chi connectivity index (χ0n) is 9.37. The Bertz CT molecular complexity index is 283. The molecule has 0 aliphatic heterocycles. The summed E-state index contributed by atoms with van der Waals surface area (Å²) in [6.07, 6.45) is 2.11. The van der Waals surface area contributed by atoms with E-state index in [1.807, 2.05) is 0 Å². The molecule has 1 N–H and O–H groups in total. The van der Waals surface area contributed by atoms with Gasteiger partial charge in [-0.3, -0.25) is 0 Å². The molecule has 1 unspecified atom stereocenters. The minimum absolute atomic E-state index is 0.517. The maximum atomic E-state index is 3.54. The minimum atomic E-state index is 0.517. The minimum Gasteiger partial charge on any atom is -0.381 e. The van der Waals surface area contributed by atoms with Gasteiger partial charge in [0.25, 0.3) is 0 Å². The van der Waals surface area contributed by atoms with E-state index in [2.05, 4.69) is 56.6 Å². The molecule has 0 radical (unpaired) electrons. The molecule has 0 saturated heterocycles.